The number of benzene rings is 2. The summed E-state index contributed by atoms with van der Waals surface area (Å²) in [7, 11) is 2.17. The van der Waals surface area contributed by atoms with E-state index in [1.807, 2.05) is 0 Å². The van der Waals surface area contributed by atoms with Gasteiger partial charge < -0.3 is 0 Å². The van der Waals surface area contributed by atoms with E-state index in [9.17, 15) is 0 Å². The van der Waals surface area contributed by atoms with E-state index in [1.54, 1.807) is 0 Å². The van der Waals surface area contributed by atoms with E-state index in [2.05, 4.69) is 77.7 Å². The molecule has 0 N–H and O–H groups in total. The second kappa shape index (κ2) is 6.78. The van der Waals surface area contributed by atoms with Gasteiger partial charge in [0, 0.05) is 0 Å². The molecular formula is C20H25N2+. The van der Waals surface area contributed by atoms with Gasteiger partial charge in [0.25, 0.3) is 5.82 Å². The summed E-state index contributed by atoms with van der Waals surface area (Å²) in [5.74, 6) is 1.30. The topological polar surface area (TPSA) is 8.81 Å². The molecule has 0 bridgehead atoms. The fourth-order valence-corrected chi connectivity index (χ4v) is 3.25. The molecule has 0 fully saturated rings. The van der Waals surface area contributed by atoms with Crippen LogP contribution in [0.4, 0.5) is 0 Å². The van der Waals surface area contributed by atoms with Crippen molar-refractivity contribution in [1.82, 2.24) is 4.57 Å². The molecule has 2 nitrogen and oxygen atoms in total. The Morgan fingerprint density at radius 1 is 0.864 bits per heavy atom. The van der Waals surface area contributed by atoms with Crippen molar-refractivity contribution in [2.45, 2.75) is 39.2 Å². The SMILES string of the molecule is CCCCCCn1c(-c2ccccc2)[n+](C)c2ccccc21. The Morgan fingerprint density at radius 2 is 1.59 bits per heavy atom. The highest BCUT2D eigenvalue weighted by Gasteiger charge is 2.23. The zero-order chi connectivity index (χ0) is 15.4. The summed E-state index contributed by atoms with van der Waals surface area (Å²) in [5.41, 5.74) is 3.92. The normalized spacial score (nSPS) is 11.2. The van der Waals surface area contributed by atoms with E-state index in [1.165, 1.54) is 48.1 Å². The first kappa shape index (κ1) is 14.8. The van der Waals surface area contributed by atoms with Gasteiger partial charge in [-0.15, -0.1) is 0 Å². The Kier molecular flexibility index (Phi) is 4.57. The highest BCUT2D eigenvalue weighted by molar-refractivity contribution is 5.76. The summed E-state index contributed by atoms with van der Waals surface area (Å²) >= 11 is 0. The molecule has 2 aromatic carbocycles. The van der Waals surface area contributed by atoms with Crippen molar-refractivity contribution >= 4 is 11.0 Å². The molecule has 2 heteroatoms. The first-order chi connectivity index (χ1) is 10.8. The van der Waals surface area contributed by atoms with Crippen molar-refractivity contribution in [3.63, 3.8) is 0 Å². The van der Waals surface area contributed by atoms with Crippen LogP contribution in [0.1, 0.15) is 32.6 Å². The largest absolute Gasteiger partial charge is 0.289 e. The van der Waals surface area contributed by atoms with Crippen molar-refractivity contribution in [2.24, 2.45) is 7.05 Å². The molecule has 0 unspecified atom stereocenters. The van der Waals surface area contributed by atoms with Gasteiger partial charge in [0.1, 0.15) is 0 Å². The van der Waals surface area contributed by atoms with Crippen LogP contribution in [0.3, 0.4) is 0 Å². The summed E-state index contributed by atoms with van der Waals surface area (Å²) in [6.45, 7) is 3.35. The van der Waals surface area contributed by atoms with E-state index >= 15 is 0 Å². The quantitative estimate of drug-likeness (QED) is 0.459. The fraction of sp³-hybridized carbons (Fsp3) is 0.350. The summed E-state index contributed by atoms with van der Waals surface area (Å²) in [5, 5.41) is 0. The summed E-state index contributed by atoms with van der Waals surface area (Å²) in [4.78, 5) is 0. The predicted molar refractivity (Wildman–Crippen MR) is 92.7 cm³/mol. The van der Waals surface area contributed by atoms with Gasteiger partial charge in [-0.25, -0.2) is 9.13 Å². The Labute approximate surface area is 133 Å². The van der Waals surface area contributed by atoms with Crippen LogP contribution in [-0.2, 0) is 13.6 Å². The van der Waals surface area contributed by atoms with Gasteiger partial charge in [-0.1, -0.05) is 50.1 Å². The van der Waals surface area contributed by atoms with Crippen LogP contribution < -0.4 is 4.57 Å². The number of nitrogens with zero attached hydrogens (tertiary/aromatic N) is 2. The first-order valence-corrected chi connectivity index (χ1v) is 8.35. The van der Waals surface area contributed by atoms with E-state index in [-0.39, 0.29) is 0 Å². The van der Waals surface area contributed by atoms with Gasteiger partial charge in [0.15, 0.2) is 11.0 Å². The minimum atomic E-state index is 1.09. The molecule has 0 aliphatic carbocycles. The molecule has 3 aromatic rings. The minimum Gasteiger partial charge on any atom is -0.226 e. The van der Waals surface area contributed by atoms with Crippen molar-refractivity contribution < 1.29 is 4.57 Å². The van der Waals surface area contributed by atoms with E-state index < -0.39 is 0 Å². The fourth-order valence-electron chi connectivity index (χ4n) is 3.25. The Balaban J connectivity index is 2.07. The standard InChI is InChI=1S/C20H25N2/c1-3-4-5-11-16-22-19-15-10-9-14-18(19)21(2)20(22)17-12-7-6-8-13-17/h6-10,12-15H,3-5,11,16H2,1-2H3/q+1. The number of hydrogen-bond acceptors (Lipinski definition) is 0. The highest BCUT2D eigenvalue weighted by Crippen LogP contribution is 2.23. The third-order valence-corrected chi connectivity index (χ3v) is 4.37. The van der Waals surface area contributed by atoms with Gasteiger partial charge in [0.2, 0.25) is 0 Å². The maximum Gasteiger partial charge on any atom is 0.289 e. The number of unbranched alkanes of at least 4 members (excludes halogenated alkanes) is 3. The van der Waals surface area contributed by atoms with Gasteiger partial charge in [-0.2, -0.15) is 0 Å². The molecule has 0 aliphatic rings. The van der Waals surface area contributed by atoms with Gasteiger partial charge in [-0.3, -0.25) is 0 Å². The maximum atomic E-state index is 2.49. The Bertz CT molecular complexity index is 741. The van der Waals surface area contributed by atoms with Crippen LogP contribution in [0.25, 0.3) is 22.4 Å². The smallest absolute Gasteiger partial charge is 0.226 e. The highest BCUT2D eigenvalue weighted by atomic mass is 15.2. The average molecular weight is 293 g/mol. The third-order valence-electron chi connectivity index (χ3n) is 4.37. The molecule has 0 radical (unpaired) electrons. The molecule has 3 rings (SSSR count). The van der Waals surface area contributed by atoms with Crippen LogP contribution >= 0.6 is 0 Å². The first-order valence-electron chi connectivity index (χ1n) is 8.35. The summed E-state index contributed by atoms with van der Waals surface area (Å²) in [6, 6.07) is 19.4. The number of hydrogen-bond donors (Lipinski definition) is 0. The molecule has 0 aliphatic heterocycles. The molecule has 0 saturated heterocycles. The monoisotopic (exact) mass is 293 g/mol. The Hall–Kier alpha value is -2.09. The number of aromatic nitrogens is 2. The zero-order valence-corrected chi connectivity index (χ0v) is 13.6. The summed E-state index contributed by atoms with van der Waals surface area (Å²) in [6.07, 6.45) is 5.16. The van der Waals surface area contributed by atoms with Gasteiger partial charge in [0.05, 0.1) is 19.2 Å². The molecule has 1 heterocycles. The van der Waals surface area contributed by atoms with Gasteiger partial charge in [-0.05, 0) is 37.1 Å². The second-order valence-corrected chi connectivity index (χ2v) is 5.95. The lowest BCUT2D eigenvalue weighted by Gasteiger charge is -2.04. The predicted octanol–water partition coefficient (Wildman–Crippen LogP) is 4.71. The number of aryl methyl sites for hydroxylation is 2. The Morgan fingerprint density at radius 3 is 2.36 bits per heavy atom. The number of imidazole rings is 1. The number of para-hydroxylation sites is 2. The van der Waals surface area contributed by atoms with Gasteiger partial charge >= 0.3 is 0 Å². The molecule has 0 amide bonds. The molecule has 114 valence electrons. The lowest BCUT2D eigenvalue weighted by Crippen LogP contribution is -2.30. The molecular weight excluding hydrogens is 268 g/mol. The number of fused-ring (bicyclic) bond motifs is 1. The second-order valence-electron chi connectivity index (χ2n) is 5.95. The molecule has 0 saturated carbocycles. The van der Waals surface area contributed by atoms with Crippen molar-refractivity contribution in [2.75, 3.05) is 0 Å². The van der Waals surface area contributed by atoms with Crippen LogP contribution in [0.2, 0.25) is 0 Å². The zero-order valence-electron chi connectivity index (χ0n) is 13.6. The molecule has 0 atom stereocenters. The van der Waals surface area contributed by atoms with Crippen molar-refractivity contribution in [1.29, 1.82) is 0 Å². The minimum absolute atomic E-state index is 1.09. The van der Waals surface area contributed by atoms with Crippen molar-refractivity contribution in [3.8, 4) is 11.4 Å². The van der Waals surface area contributed by atoms with Crippen LogP contribution in [0.15, 0.2) is 54.6 Å². The van der Waals surface area contributed by atoms with E-state index in [0.717, 1.165) is 6.54 Å². The number of rotatable bonds is 6. The van der Waals surface area contributed by atoms with Crippen LogP contribution in [0.5, 0.6) is 0 Å². The van der Waals surface area contributed by atoms with Crippen LogP contribution in [0, 0.1) is 0 Å². The summed E-state index contributed by atoms with van der Waals surface area (Å²) < 4.78 is 4.81. The van der Waals surface area contributed by atoms with Crippen LogP contribution in [-0.4, -0.2) is 4.57 Å². The average Bonchev–Trinajstić information content (AvgIpc) is 2.85. The lowest BCUT2D eigenvalue weighted by atomic mass is 10.2. The molecule has 1 aromatic heterocycles. The maximum absolute atomic E-state index is 2.49. The van der Waals surface area contributed by atoms with E-state index in [0.29, 0.717) is 0 Å². The van der Waals surface area contributed by atoms with E-state index in [4.69, 9.17) is 0 Å². The lowest BCUT2D eigenvalue weighted by molar-refractivity contribution is -0.634. The molecule has 0 spiro atoms. The van der Waals surface area contributed by atoms with Crippen molar-refractivity contribution in [3.05, 3.63) is 54.6 Å². The molecule has 22 heavy (non-hydrogen) atoms. The third kappa shape index (κ3) is 2.78.